The number of hydrogen-bond acceptors (Lipinski definition) is 5. The molecule has 6 heteroatoms. The molecular formula is C14H22N2O4. The van der Waals surface area contributed by atoms with Crippen LogP contribution in [-0.2, 0) is 11.3 Å². The first-order valence-corrected chi connectivity index (χ1v) is 6.78. The Hall–Kier alpha value is -1.66. The smallest absolute Gasteiger partial charge is 0.270 e. The highest BCUT2D eigenvalue weighted by atomic mass is 16.6. The molecule has 1 aromatic carbocycles. The molecule has 1 rings (SSSR count). The highest BCUT2D eigenvalue weighted by molar-refractivity contribution is 5.43. The minimum Gasteiger partial charge on any atom is -0.493 e. The number of ether oxygens (including phenoxy) is 2. The SMILES string of the molecule is CCNCc1cc([N+](=O)[O-])ccc1OCCCCOC. The van der Waals surface area contributed by atoms with Crippen molar-refractivity contribution in [3.05, 3.63) is 33.9 Å². The third-order valence-corrected chi connectivity index (χ3v) is 2.82. The lowest BCUT2D eigenvalue weighted by Crippen LogP contribution is -2.13. The minimum atomic E-state index is -0.391. The molecule has 20 heavy (non-hydrogen) atoms. The average Bonchev–Trinajstić information content (AvgIpc) is 2.45. The van der Waals surface area contributed by atoms with Gasteiger partial charge in [-0.2, -0.15) is 0 Å². The topological polar surface area (TPSA) is 73.6 Å². The summed E-state index contributed by atoms with van der Waals surface area (Å²) in [6.07, 6.45) is 1.83. The lowest BCUT2D eigenvalue weighted by atomic mass is 10.1. The summed E-state index contributed by atoms with van der Waals surface area (Å²) in [7, 11) is 1.67. The molecule has 0 saturated heterocycles. The van der Waals surface area contributed by atoms with E-state index in [4.69, 9.17) is 9.47 Å². The van der Waals surface area contributed by atoms with Gasteiger partial charge in [-0.1, -0.05) is 6.92 Å². The van der Waals surface area contributed by atoms with Gasteiger partial charge >= 0.3 is 0 Å². The van der Waals surface area contributed by atoms with E-state index in [2.05, 4.69) is 5.32 Å². The number of nitro groups is 1. The molecule has 0 bridgehead atoms. The maximum atomic E-state index is 10.8. The Morgan fingerprint density at radius 1 is 1.30 bits per heavy atom. The number of benzene rings is 1. The van der Waals surface area contributed by atoms with E-state index in [9.17, 15) is 10.1 Å². The maximum absolute atomic E-state index is 10.8. The van der Waals surface area contributed by atoms with Gasteiger partial charge in [0.25, 0.3) is 5.69 Å². The van der Waals surface area contributed by atoms with Crippen molar-refractivity contribution in [2.75, 3.05) is 26.9 Å². The predicted molar refractivity (Wildman–Crippen MR) is 77.1 cm³/mol. The van der Waals surface area contributed by atoms with Crippen LogP contribution < -0.4 is 10.1 Å². The minimum absolute atomic E-state index is 0.0876. The molecule has 0 heterocycles. The largest absolute Gasteiger partial charge is 0.493 e. The van der Waals surface area contributed by atoms with Gasteiger partial charge in [-0.15, -0.1) is 0 Å². The summed E-state index contributed by atoms with van der Waals surface area (Å²) in [6.45, 7) is 4.65. The average molecular weight is 282 g/mol. The number of nitro benzene ring substituents is 1. The van der Waals surface area contributed by atoms with Crippen LogP contribution in [-0.4, -0.2) is 31.8 Å². The number of nitrogens with zero attached hydrogens (tertiary/aromatic N) is 1. The Morgan fingerprint density at radius 3 is 2.70 bits per heavy atom. The Bertz CT molecular complexity index is 424. The lowest BCUT2D eigenvalue weighted by molar-refractivity contribution is -0.384. The van der Waals surface area contributed by atoms with Gasteiger partial charge in [-0.3, -0.25) is 10.1 Å². The van der Waals surface area contributed by atoms with Crippen LogP contribution in [0.2, 0.25) is 0 Å². The van der Waals surface area contributed by atoms with Crippen molar-refractivity contribution in [2.24, 2.45) is 0 Å². The molecule has 0 aliphatic carbocycles. The van der Waals surface area contributed by atoms with E-state index in [1.807, 2.05) is 6.92 Å². The van der Waals surface area contributed by atoms with Crippen LogP contribution in [0.1, 0.15) is 25.3 Å². The molecule has 0 amide bonds. The monoisotopic (exact) mass is 282 g/mol. The summed E-state index contributed by atoms with van der Waals surface area (Å²) >= 11 is 0. The van der Waals surface area contributed by atoms with Gasteiger partial charge in [-0.05, 0) is 25.5 Å². The molecule has 0 saturated carbocycles. The summed E-state index contributed by atoms with van der Waals surface area (Å²) < 4.78 is 10.7. The van der Waals surface area contributed by atoms with E-state index in [1.165, 1.54) is 6.07 Å². The van der Waals surface area contributed by atoms with Crippen molar-refractivity contribution in [2.45, 2.75) is 26.3 Å². The molecule has 0 aromatic heterocycles. The second-order valence-corrected chi connectivity index (χ2v) is 4.38. The number of unbranched alkanes of at least 4 members (excludes halogenated alkanes) is 1. The van der Waals surface area contributed by atoms with Gasteiger partial charge in [0.05, 0.1) is 11.5 Å². The van der Waals surface area contributed by atoms with Crippen molar-refractivity contribution in [1.29, 1.82) is 0 Å². The molecular weight excluding hydrogens is 260 g/mol. The van der Waals surface area contributed by atoms with E-state index in [0.717, 1.165) is 24.9 Å². The van der Waals surface area contributed by atoms with Crippen LogP contribution in [0.25, 0.3) is 0 Å². The third-order valence-electron chi connectivity index (χ3n) is 2.82. The summed E-state index contributed by atoms with van der Waals surface area (Å²) in [5.74, 6) is 0.703. The summed E-state index contributed by atoms with van der Waals surface area (Å²) in [4.78, 5) is 10.4. The first-order valence-electron chi connectivity index (χ1n) is 6.78. The number of methoxy groups -OCH3 is 1. The Morgan fingerprint density at radius 2 is 2.05 bits per heavy atom. The highest BCUT2D eigenvalue weighted by Gasteiger charge is 2.11. The van der Waals surface area contributed by atoms with Crippen LogP contribution in [0.15, 0.2) is 18.2 Å². The first kappa shape index (κ1) is 16.4. The molecule has 0 aliphatic heterocycles. The standard InChI is InChI=1S/C14H22N2O4/c1-3-15-11-12-10-13(16(17)18)6-7-14(12)20-9-5-4-8-19-2/h6-7,10,15H,3-5,8-9,11H2,1-2H3. The van der Waals surface area contributed by atoms with Crippen molar-refractivity contribution in [3.8, 4) is 5.75 Å². The Balaban J connectivity index is 2.64. The van der Waals surface area contributed by atoms with E-state index in [1.54, 1.807) is 19.2 Å². The predicted octanol–water partition coefficient (Wildman–Crippen LogP) is 2.51. The molecule has 0 fully saturated rings. The second kappa shape index (κ2) is 9.28. The van der Waals surface area contributed by atoms with Gasteiger partial charge in [-0.25, -0.2) is 0 Å². The van der Waals surface area contributed by atoms with Gasteiger partial charge in [0.2, 0.25) is 0 Å². The normalized spacial score (nSPS) is 10.5. The quantitative estimate of drug-likeness (QED) is 0.405. The van der Waals surface area contributed by atoms with Gasteiger partial charge < -0.3 is 14.8 Å². The fourth-order valence-electron chi connectivity index (χ4n) is 1.75. The van der Waals surface area contributed by atoms with Crippen LogP contribution in [0.5, 0.6) is 5.75 Å². The van der Waals surface area contributed by atoms with Crippen molar-refractivity contribution in [3.63, 3.8) is 0 Å². The molecule has 0 aliphatic rings. The van der Waals surface area contributed by atoms with E-state index in [0.29, 0.717) is 25.5 Å². The highest BCUT2D eigenvalue weighted by Crippen LogP contribution is 2.24. The molecule has 0 spiro atoms. The van der Waals surface area contributed by atoms with Crippen LogP contribution in [0.3, 0.4) is 0 Å². The first-order chi connectivity index (χ1) is 9.69. The molecule has 0 atom stereocenters. The van der Waals surface area contributed by atoms with Crippen LogP contribution >= 0.6 is 0 Å². The fraction of sp³-hybridized carbons (Fsp3) is 0.571. The zero-order chi connectivity index (χ0) is 14.8. The van der Waals surface area contributed by atoms with Crippen molar-refractivity contribution in [1.82, 2.24) is 5.32 Å². The third kappa shape index (κ3) is 5.54. The lowest BCUT2D eigenvalue weighted by Gasteiger charge is -2.11. The molecule has 0 radical (unpaired) electrons. The van der Waals surface area contributed by atoms with Crippen LogP contribution in [0.4, 0.5) is 5.69 Å². The van der Waals surface area contributed by atoms with E-state index in [-0.39, 0.29) is 5.69 Å². The van der Waals surface area contributed by atoms with Gasteiger partial charge in [0, 0.05) is 38.0 Å². The molecule has 112 valence electrons. The summed E-state index contributed by atoms with van der Waals surface area (Å²) in [5, 5.41) is 14.0. The fourth-order valence-corrected chi connectivity index (χ4v) is 1.75. The molecule has 6 nitrogen and oxygen atoms in total. The van der Waals surface area contributed by atoms with Gasteiger partial charge in [0.1, 0.15) is 5.75 Å². The molecule has 1 N–H and O–H groups in total. The van der Waals surface area contributed by atoms with E-state index >= 15 is 0 Å². The summed E-state index contributed by atoms with van der Waals surface area (Å²) in [6, 6.07) is 4.70. The zero-order valence-corrected chi connectivity index (χ0v) is 12.1. The molecule has 0 unspecified atom stereocenters. The number of rotatable bonds is 10. The maximum Gasteiger partial charge on any atom is 0.270 e. The number of non-ortho nitro benzene ring substituents is 1. The van der Waals surface area contributed by atoms with Gasteiger partial charge in [0.15, 0.2) is 0 Å². The Labute approximate surface area is 119 Å². The summed E-state index contributed by atoms with van der Waals surface area (Å²) in [5.41, 5.74) is 0.900. The van der Waals surface area contributed by atoms with E-state index < -0.39 is 4.92 Å². The number of nitrogens with one attached hydrogen (secondary N) is 1. The molecule has 1 aromatic rings. The second-order valence-electron chi connectivity index (χ2n) is 4.38. The zero-order valence-electron chi connectivity index (χ0n) is 12.1. The number of hydrogen-bond donors (Lipinski definition) is 1. The van der Waals surface area contributed by atoms with Crippen LogP contribution in [0, 0.1) is 10.1 Å². The van der Waals surface area contributed by atoms with Crippen molar-refractivity contribution >= 4 is 5.69 Å². The Kier molecular flexibility index (Phi) is 7.60. The van der Waals surface area contributed by atoms with Crippen molar-refractivity contribution < 1.29 is 14.4 Å².